The fraction of sp³-hybridized carbons (Fsp3) is 0.316. The van der Waals surface area contributed by atoms with Gasteiger partial charge in [0.25, 0.3) is 0 Å². The highest BCUT2D eigenvalue weighted by molar-refractivity contribution is 7.89. The summed E-state index contributed by atoms with van der Waals surface area (Å²) >= 11 is 0. The van der Waals surface area contributed by atoms with Crippen molar-refractivity contribution in [1.29, 1.82) is 0 Å². The molecular formula is C19H24NO2S. The number of hydrogen-bond donors (Lipinski definition) is 1. The molecule has 23 heavy (non-hydrogen) atoms. The van der Waals surface area contributed by atoms with Gasteiger partial charge in [0.2, 0.25) is 10.0 Å². The van der Waals surface area contributed by atoms with Gasteiger partial charge in [-0.15, -0.1) is 0 Å². The van der Waals surface area contributed by atoms with Crippen LogP contribution in [-0.4, -0.2) is 15.0 Å². The second-order valence-electron chi connectivity index (χ2n) is 6.62. The highest BCUT2D eigenvalue weighted by Crippen LogP contribution is 2.24. The van der Waals surface area contributed by atoms with Crippen molar-refractivity contribution in [3.05, 3.63) is 72.1 Å². The van der Waals surface area contributed by atoms with Crippen LogP contribution in [0.3, 0.4) is 0 Å². The molecule has 2 aromatic carbocycles. The van der Waals surface area contributed by atoms with Crippen LogP contribution in [0.25, 0.3) is 0 Å². The van der Waals surface area contributed by atoms with Crippen LogP contribution in [-0.2, 0) is 10.0 Å². The average Bonchev–Trinajstić information content (AvgIpc) is 2.53. The van der Waals surface area contributed by atoms with Crippen molar-refractivity contribution in [3.63, 3.8) is 0 Å². The van der Waals surface area contributed by atoms with Gasteiger partial charge in [-0.25, -0.2) is 13.1 Å². The van der Waals surface area contributed by atoms with Crippen LogP contribution in [0.2, 0.25) is 0 Å². The third-order valence-corrected chi connectivity index (χ3v) is 5.18. The van der Waals surface area contributed by atoms with Gasteiger partial charge in [-0.3, -0.25) is 0 Å². The second kappa shape index (κ2) is 7.28. The third kappa shape index (κ3) is 5.48. The van der Waals surface area contributed by atoms with E-state index in [1.54, 1.807) is 12.1 Å². The highest BCUT2D eigenvalue weighted by Gasteiger charge is 2.22. The molecule has 2 rings (SSSR count). The van der Waals surface area contributed by atoms with Crippen molar-refractivity contribution in [2.24, 2.45) is 5.41 Å². The van der Waals surface area contributed by atoms with Crippen molar-refractivity contribution in [3.8, 4) is 0 Å². The lowest BCUT2D eigenvalue weighted by molar-refractivity contribution is 0.360. The van der Waals surface area contributed by atoms with Crippen LogP contribution in [0.15, 0.2) is 59.5 Å². The van der Waals surface area contributed by atoms with Gasteiger partial charge < -0.3 is 0 Å². The maximum atomic E-state index is 12.3. The Balaban J connectivity index is 1.93. The van der Waals surface area contributed by atoms with Crippen LogP contribution in [0, 0.1) is 18.8 Å². The van der Waals surface area contributed by atoms with E-state index in [0.717, 1.165) is 17.5 Å². The van der Waals surface area contributed by atoms with E-state index in [1.807, 2.05) is 49.4 Å². The number of nitrogens with one attached hydrogen (secondary N) is 1. The number of sulfonamides is 1. The van der Waals surface area contributed by atoms with E-state index in [1.165, 1.54) is 0 Å². The molecule has 0 aliphatic carbocycles. The van der Waals surface area contributed by atoms with Gasteiger partial charge in [-0.05, 0) is 42.9 Å². The summed E-state index contributed by atoms with van der Waals surface area (Å²) in [7, 11) is -3.46. The molecule has 0 unspecified atom stereocenters. The van der Waals surface area contributed by atoms with Gasteiger partial charge in [0.05, 0.1) is 4.90 Å². The zero-order chi connectivity index (χ0) is 16.9. The summed E-state index contributed by atoms with van der Waals surface area (Å²) in [5.41, 5.74) is 2.04. The van der Waals surface area contributed by atoms with Gasteiger partial charge in [-0.1, -0.05) is 61.9 Å². The average molecular weight is 330 g/mol. The highest BCUT2D eigenvalue weighted by atomic mass is 32.2. The first kappa shape index (κ1) is 17.7. The number of rotatable bonds is 7. The van der Waals surface area contributed by atoms with E-state index in [2.05, 4.69) is 25.0 Å². The Morgan fingerprint density at radius 3 is 2.22 bits per heavy atom. The van der Waals surface area contributed by atoms with E-state index in [4.69, 9.17) is 0 Å². The molecule has 0 saturated carbocycles. The first-order chi connectivity index (χ1) is 10.8. The summed E-state index contributed by atoms with van der Waals surface area (Å²) in [6, 6.07) is 17.0. The molecule has 0 aromatic heterocycles. The van der Waals surface area contributed by atoms with Crippen LogP contribution in [0.4, 0.5) is 0 Å². The molecular weight excluding hydrogens is 306 g/mol. The topological polar surface area (TPSA) is 46.2 Å². The minimum absolute atomic E-state index is 0.159. The molecule has 0 aliphatic heterocycles. The monoisotopic (exact) mass is 330 g/mol. The van der Waals surface area contributed by atoms with Crippen molar-refractivity contribution in [2.45, 2.75) is 32.1 Å². The van der Waals surface area contributed by atoms with Crippen molar-refractivity contribution < 1.29 is 8.42 Å². The molecule has 2 aromatic rings. The summed E-state index contributed by atoms with van der Waals surface area (Å²) in [6.45, 7) is 6.45. The van der Waals surface area contributed by atoms with Gasteiger partial charge in [0, 0.05) is 6.54 Å². The lowest BCUT2D eigenvalue weighted by Gasteiger charge is -2.25. The first-order valence-electron chi connectivity index (χ1n) is 7.73. The molecule has 0 atom stereocenters. The molecule has 0 heterocycles. The number of benzene rings is 2. The van der Waals surface area contributed by atoms with E-state index < -0.39 is 10.0 Å². The summed E-state index contributed by atoms with van der Waals surface area (Å²) < 4.78 is 27.4. The normalized spacial score (nSPS) is 12.3. The summed E-state index contributed by atoms with van der Waals surface area (Å²) in [5, 5.41) is 0. The van der Waals surface area contributed by atoms with E-state index in [-0.39, 0.29) is 5.41 Å². The van der Waals surface area contributed by atoms with Crippen LogP contribution in [0.5, 0.6) is 0 Å². The Morgan fingerprint density at radius 1 is 1.00 bits per heavy atom. The fourth-order valence-electron chi connectivity index (χ4n) is 2.15. The summed E-state index contributed by atoms with van der Waals surface area (Å²) in [4.78, 5) is 0.311. The Morgan fingerprint density at radius 2 is 1.61 bits per heavy atom. The van der Waals surface area contributed by atoms with Crippen molar-refractivity contribution >= 4 is 10.0 Å². The predicted octanol–water partition coefficient (Wildman–Crippen LogP) is 3.94. The van der Waals surface area contributed by atoms with Crippen molar-refractivity contribution in [1.82, 2.24) is 4.72 Å². The second-order valence-corrected chi connectivity index (χ2v) is 8.39. The first-order valence-corrected chi connectivity index (χ1v) is 9.21. The lowest BCUT2D eigenvalue weighted by atomic mass is 9.86. The smallest absolute Gasteiger partial charge is 0.211 e. The lowest BCUT2D eigenvalue weighted by Crippen LogP contribution is -2.34. The molecule has 123 valence electrons. The molecule has 0 fully saturated rings. The molecule has 4 heteroatoms. The predicted molar refractivity (Wildman–Crippen MR) is 94.6 cm³/mol. The van der Waals surface area contributed by atoms with E-state index >= 15 is 0 Å². The zero-order valence-corrected chi connectivity index (χ0v) is 14.7. The number of aryl methyl sites for hydroxylation is 1. The minimum atomic E-state index is -3.46. The van der Waals surface area contributed by atoms with Crippen LogP contribution in [0.1, 0.15) is 31.4 Å². The number of hydrogen-bond acceptors (Lipinski definition) is 2. The van der Waals surface area contributed by atoms with Crippen LogP contribution < -0.4 is 4.72 Å². The fourth-order valence-corrected chi connectivity index (χ4v) is 3.39. The molecule has 0 spiro atoms. The summed E-state index contributed by atoms with van der Waals surface area (Å²) in [6.07, 6.45) is 2.94. The van der Waals surface area contributed by atoms with Gasteiger partial charge in [-0.2, -0.15) is 0 Å². The molecule has 0 bridgehead atoms. The summed E-state index contributed by atoms with van der Waals surface area (Å²) in [5.74, 6) is 0. The maximum Gasteiger partial charge on any atom is 0.240 e. The van der Waals surface area contributed by atoms with Gasteiger partial charge in [0.1, 0.15) is 0 Å². The van der Waals surface area contributed by atoms with E-state index in [9.17, 15) is 8.42 Å². The molecule has 0 aliphatic rings. The SMILES string of the molecule is Cc1ccc(S(=O)(=O)NCC(C)(C)C[CH]c2ccccc2)cc1. The van der Waals surface area contributed by atoms with Gasteiger partial charge >= 0.3 is 0 Å². The standard InChI is InChI=1S/C19H24NO2S/c1-16-9-11-18(12-10-16)23(21,22)20-15-19(2,3)14-13-17-7-5-4-6-8-17/h4-13,20H,14-15H2,1-3H3. The Kier molecular flexibility index (Phi) is 5.60. The maximum absolute atomic E-state index is 12.3. The molecule has 1 N–H and O–H groups in total. The van der Waals surface area contributed by atoms with E-state index in [0.29, 0.717) is 11.4 Å². The quantitative estimate of drug-likeness (QED) is 0.836. The van der Waals surface area contributed by atoms with Crippen molar-refractivity contribution in [2.75, 3.05) is 6.54 Å². The Labute approximate surface area is 139 Å². The molecule has 0 amide bonds. The largest absolute Gasteiger partial charge is 0.240 e. The third-order valence-electron chi connectivity index (χ3n) is 3.76. The van der Waals surface area contributed by atoms with Gasteiger partial charge in [0.15, 0.2) is 0 Å². The molecule has 1 radical (unpaired) electrons. The molecule has 0 saturated heterocycles. The Hall–Kier alpha value is -1.65. The minimum Gasteiger partial charge on any atom is -0.211 e. The molecule has 3 nitrogen and oxygen atoms in total. The Bertz CT molecular complexity index is 720. The zero-order valence-electron chi connectivity index (χ0n) is 13.9. The van der Waals surface area contributed by atoms with Crippen LogP contribution >= 0.6 is 0 Å².